The smallest absolute Gasteiger partial charge is 0.383 e. The van der Waals surface area contributed by atoms with Gasteiger partial charge in [-0.05, 0) is 6.07 Å². The van der Waals surface area contributed by atoms with Crippen LogP contribution in [0, 0.1) is 0 Å². The molecule has 0 aromatic carbocycles. The van der Waals surface area contributed by atoms with Gasteiger partial charge in [0, 0.05) is 6.20 Å². The highest BCUT2D eigenvalue weighted by molar-refractivity contribution is 7.66. The van der Waals surface area contributed by atoms with Crippen LogP contribution in [0.15, 0.2) is 17.1 Å². The Bertz CT molecular complexity index is 1090. The summed E-state index contributed by atoms with van der Waals surface area (Å²) in [6.07, 6.45) is -5.98. The molecule has 176 valence electrons. The molecule has 3 unspecified atom stereocenters. The Hall–Kier alpha value is -1.13. The van der Waals surface area contributed by atoms with E-state index in [1.165, 1.54) is 0 Å². The van der Waals surface area contributed by atoms with Gasteiger partial charge in [0.1, 0.15) is 18.6 Å². The first kappa shape index (κ1) is 24.5. The van der Waals surface area contributed by atoms with Crippen molar-refractivity contribution in [3.8, 4) is 0 Å². The van der Waals surface area contributed by atoms with Crippen LogP contribution in [0.25, 0.3) is 0 Å². The zero-order valence-corrected chi connectivity index (χ0v) is 17.3. The largest absolute Gasteiger partial charge is 0.490 e. The van der Waals surface area contributed by atoms with Crippen LogP contribution < -0.4 is 11.4 Å². The molecule has 7 N–H and O–H groups in total. The summed E-state index contributed by atoms with van der Waals surface area (Å²) in [5.74, 6) is -0.232. The second-order valence-electron chi connectivity index (χ2n) is 6.38. The van der Waals surface area contributed by atoms with E-state index < -0.39 is 65.5 Å². The highest BCUT2D eigenvalue weighted by atomic mass is 31.3. The average Bonchev–Trinajstić information content (AvgIpc) is 2.95. The number of fused-ring (bicyclic) bond motifs is 1. The molecule has 1 saturated heterocycles. The van der Waals surface area contributed by atoms with Crippen molar-refractivity contribution in [2.24, 2.45) is 0 Å². The van der Waals surface area contributed by atoms with Gasteiger partial charge in [-0.2, -0.15) is 13.6 Å². The van der Waals surface area contributed by atoms with Gasteiger partial charge >= 0.3 is 29.2 Å². The molecule has 1 aliphatic heterocycles. The van der Waals surface area contributed by atoms with Gasteiger partial charge in [-0.15, -0.1) is 0 Å². The second-order valence-corrected chi connectivity index (χ2v) is 10.7. The summed E-state index contributed by atoms with van der Waals surface area (Å²) in [6, 6.07) is 1.07. The third-order valence-corrected chi connectivity index (χ3v) is 8.20. The van der Waals surface area contributed by atoms with Crippen molar-refractivity contribution >= 4 is 29.3 Å². The molecule has 0 amide bonds. The van der Waals surface area contributed by atoms with Crippen molar-refractivity contribution < 1.29 is 65.0 Å². The van der Waals surface area contributed by atoms with Gasteiger partial charge in [-0.3, -0.25) is 9.09 Å². The predicted molar refractivity (Wildman–Crippen MR) is 90.3 cm³/mol. The van der Waals surface area contributed by atoms with Gasteiger partial charge in [0.25, 0.3) is 0 Å². The maximum Gasteiger partial charge on any atom is 0.490 e. The molecule has 16 nitrogen and oxygen atoms in total. The van der Waals surface area contributed by atoms with Gasteiger partial charge in [0.05, 0.1) is 0 Å². The Balaban J connectivity index is 1.82. The number of nitrogens with zero attached hydrogens (tertiary/aromatic N) is 2. The van der Waals surface area contributed by atoms with E-state index >= 15 is 0 Å². The Kier molecular flexibility index (Phi) is 5.89. The van der Waals surface area contributed by atoms with Crippen molar-refractivity contribution in [1.82, 2.24) is 9.55 Å². The third kappa shape index (κ3) is 4.27. The molecular formula is C10H14F2N3O13P3. The first-order chi connectivity index (χ1) is 14.0. The molecule has 3 rings (SSSR count). The number of hydrogen-bond donors (Lipinski definition) is 6. The monoisotopic (exact) mass is 515 g/mol. The van der Waals surface area contributed by atoms with Gasteiger partial charge in [-0.1, -0.05) is 0 Å². The zero-order chi connectivity index (χ0) is 23.6. The van der Waals surface area contributed by atoms with Crippen molar-refractivity contribution in [2.75, 3.05) is 12.4 Å². The number of nitrogen functional groups attached to an aromatic ring is 1. The lowest BCUT2D eigenvalue weighted by molar-refractivity contribution is -0.0970. The first-order valence-electron chi connectivity index (χ1n) is 7.75. The Morgan fingerprint density at radius 2 is 1.84 bits per heavy atom. The SMILES string of the molecule is Nc1ccn([C@@H]2O[C@]3(CF)C(OP(=O)(O)OP(=O)(O)OP(=O)(O)O)[C@]3(O)[C@H]2F)c(=O)n1. The number of rotatable bonds is 8. The molecule has 0 bridgehead atoms. The molecule has 2 aliphatic rings. The van der Waals surface area contributed by atoms with E-state index in [1.54, 1.807) is 0 Å². The first-order valence-corrected chi connectivity index (χ1v) is 12.3. The number of nitrogens with two attached hydrogens (primary N) is 1. The lowest BCUT2D eigenvalue weighted by Gasteiger charge is -2.24. The fraction of sp³-hybridized carbons (Fsp3) is 0.600. The summed E-state index contributed by atoms with van der Waals surface area (Å²) in [5, 5.41) is 10.5. The van der Waals surface area contributed by atoms with Crippen LogP contribution in [0.1, 0.15) is 6.23 Å². The number of phosphoric acid groups is 3. The topological polar surface area (TPSA) is 250 Å². The van der Waals surface area contributed by atoms with Crippen LogP contribution in [-0.2, 0) is 31.6 Å². The van der Waals surface area contributed by atoms with Crippen LogP contribution in [0.5, 0.6) is 0 Å². The number of ether oxygens (including phenoxy) is 1. The third-order valence-electron chi connectivity index (χ3n) is 4.40. The molecule has 0 radical (unpaired) electrons. The standard InChI is InChI=1S/C10H14F2N3O13P3/c11-3-9-7(26-30(21,22)28-31(23,24)27-29(18,19)20)10(9,17)5(12)6(25-9)15-2-1-4(13)14-8(15)16/h1-2,5-7,17H,3H2,(H,21,22)(H,23,24)(H2,13,14,16)(H2,18,19,20)/t5-,6+,7?,9+,10+/m0/s1. The Morgan fingerprint density at radius 1 is 1.23 bits per heavy atom. The molecule has 1 saturated carbocycles. The molecule has 1 aromatic rings. The number of aromatic nitrogens is 2. The van der Waals surface area contributed by atoms with Crippen molar-refractivity contribution in [3.63, 3.8) is 0 Å². The minimum atomic E-state index is -5.91. The number of anilines is 1. The Morgan fingerprint density at radius 3 is 2.32 bits per heavy atom. The molecule has 1 aliphatic carbocycles. The van der Waals surface area contributed by atoms with Gasteiger partial charge in [0.15, 0.2) is 23.6 Å². The van der Waals surface area contributed by atoms with Crippen molar-refractivity contribution in [3.05, 3.63) is 22.7 Å². The highest BCUT2D eigenvalue weighted by Gasteiger charge is 2.90. The average molecular weight is 515 g/mol. The van der Waals surface area contributed by atoms with E-state index in [9.17, 15) is 37.3 Å². The zero-order valence-electron chi connectivity index (χ0n) is 14.7. The van der Waals surface area contributed by atoms with E-state index in [0.29, 0.717) is 4.57 Å². The van der Waals surface area contributed by atoms with Crippen LogP contribution >= 0.6 is 23.5 Å². The molecule has 0 spiro atoms. The fourth-order valence-electron chi connectivity index (χ4n) is 3.13. The summed E-state index contributed by atoms with van der Waals surface area (Å²) in [6.45, 7) is -1.72. The fourth-order valence-corrected chi connectivity index (χ4v) is 6.39. The maximum atomic E-state index is 14.9. The summed E-state index contributed by atoms with van der Waals surface area (Å²) in [4.78, 5) is 50.7. The Labute approximate surface area is 169 Å². The minimum Gasteiger partial charge on any atom is -0.383 e. The number of alkyl halides is 2. The van der Waals surface area contributed by atoms with Crippen LogP contribution in [0.2, 0.25) is 0 Å². The van der Waals surface area contributed by atoms with E-state index in [4.69, 9.17) is 25.2 Å². The second kappa shape index (κ2) is 7.45. The van der Waals surface area contributed by atoms with Crippen LogP contribution in [-0.4, -0.2) is 64.4 Å². The van der Waals surface area contributed by atoms with Gasteiger partial charge in [-0.25, -0.2) is 27.3 Å². The number of aliphatic hydroxyl groups is 1. The number of phosphoric ester groups is 1. The van der Waals surface area contributed by atoms with E-state index in [-0.39, 0.29) is 5.82 Å². The molecule has 21 heteroatoms. The molecule has 1 aromatic heterocycles. The van der Waals surface area contributed by atoms with Crippen molar-refractivity contribution in [2.45, 2.75) is 29.7 Å². The molecule has 31 heavy (non-hydrogen) atoms. The predicted octanol–water partition coefficient (Wildman–Crippen LogP) is -1.14. The summed E-state index contributed by atoms with van der Waals surface area (Å²) < 4.78 is 79.3. The van der Waals surface area contributed by atoms with Gasteiger partial charge < -0.3 is 35.2 Å². The quantitative estimate of drug-likeness (QED) is 0.224. The van der Waals surface area contributed by atoms with E-state index in [2.05, 4.69) is 18.1 Å². The number of halogens is 2. The van der Waals surface area contributed by atoms with Gasteiger partial charge in [0.2, 0.25) is 0 Å². The molecule has 2 heterocycles. The van der Waals surface area contributed by atoms with Crippen LogP contribution in [0.3, 0.4) is 0 Å². The normalized spacial score (nSPS) is 36.4. The summed E-state index contributed by atoms with van der Waals surface area (Å²) in [5.41, 5.74) is -1.46. The summed E-state index contributed by atoms with van der Waals surface area (Å²) in [7, 11) is -17.4. The minimum absolute atomic E-state index is 0.232. The maximum absolute atomic E-state index is 14.9. The lowest BCUT2D eigenvalue weighted by Crippen LogP contribution is -2.38. The molecule has 2 fully saturated rings. The summed E-state index contributed by atoms with van der Waals surface area (Å²) >= 11 is 0. The van der Waals surface area contributed by atoms with E-state index in [1.807, 2.05) is 0 Å². The molecular weight excluding hydrogens is 501 g/mol. The van der Waals surface area contributed by atoms with Crippen molar-refractivity contribution in [1.29, 1.82) is 0 Å². The number of hydrogen-bond acceptors (Lipinski definition) is 11. The highest BCUT2D eigenvalue weighted by Crippen LogP contribution is 2.72. The molecule has 7 atom stereocenters. The lowest BCUT2D eigenvalue weighted by atomic mass is 10.1. The van der Waals surface area contributed by atoms with Crippen LogP contribution in [0.4, 0.5) is 14.6 Å². The van der Waals surface area contributed by atoms with E-state index in [0.717, 1.165) is 12.3 Å².